The third kappa shape index (κ3) is 5.03. The lowest BCUT2D eigenvalue weighted by Gasteiger charge is -2.18. The minimum Gasteiger partial charge on any atom is -0.316 e. The Balaban J connectivity index is 2.17. The van der Waals surface area contributed by atoms with Crippen molar-refractivity contribution in [2.24, 2.45) is 5.41 Å². The minimum absolute atomic E-state index is 0.136. The molecular formula is C13H20N. The van der Waals surface area contributed by atoms with Gasteiger partial charge in [0.1, 0.15) is 0 Å². The molecule has 0 heterocycles. The van der Waals surface area contributed by atoms with Crippen LogP contribution in [-0.4, -0.2) is 13.1 Å². The second-order valence-corrected chi connectivity index (χ2v) is 4.58. The van der Waals surface area contributed by atoms with E-state index in [0.29, 0.717) is 0 Å². The molecule has 1 nitrogen and oxygen atoms in total. The van der Waals surface area contributed by atoms with Gasteiger partial charge >= 0.3 is 0 Å². The number of nitrogens with one attached hydrogen (secondary N) is 1. The molecule has 0 atom stereocenters. The summed E-state index contributed by atoms with van der Waals surface area (Å²) in [5.41, 5.74) is 1.53. The quantitative estimate of drug-likeness (QED) is 0.704. The summed E-state index contributed by atoms with van der Waals surface area (Å²) in [6.07, 6.45) is 1.09. The van der Waals surface area contributed by atoms with E-state index in [2.05, 4.69) is 56.4 Å². The van der Waals surface area contributed by atoms with Crippen molar-refractivity contribution in [1.82, 2.24) is 5.32 Å². The number of benzene rings is 1. The number of hydrogen-bond acceptors (Lipinski definition) is 1. The molecule has 0 fully saturated rings. The van der Waals surface area contributed by atoms with Gasteiger partial charge in [-0.05, 0) is 30.9 Å². The average molecular weight is 190 g/mol. The van der Waals surface area contributed by atoms with Crippen molar-refractivity contribution >= 4 is 0 Å². The van der Waals surface area contributed by atoms with E-state index in [1.807, 2.05) is 0 Å². The Morgan fingerprint density at radius 1 is 1.21 bits per heavy atom. The standard InChI is InChI=1S/C13H20N/c1-13(2,3)11-14-10-9-12-7-5-4-6-8-12/h4-8,14H,1,9-11H2,2-3H3. The van der Waals surface area contributed by atoms with Crippen LogP contribution in [0.1, 0.15) is 19.4 Å². The summed E-state index contributed by atoms with van der Waals surface area (Å²) >= 11 is 0. The van der Waals surface area contributed by atoms with Crippen LogP contribution in [-0.2, 0) is 6.42 Å². The molecule has 0 spiro atoms. The highest BCUT2D eigenvalue weighted by Gasteiger charge is 2.08. The van der Waals surface area contributed by atoms with Crippen LogP contribution in [0.5, 0.6) is 0 Å². The van der Waals surface area contributed by atoms with Crippen LogP contribution in [0.15, 0.2) is 30.3 Å². The normalized spacial score (nSPS) is 11.6. The highest BCUT2D eigenvalue weighted by Crippen LogP contribution is 2.09. The molecule has 0 aliphatic rings. The molecule has 0 saturated heterocycles. The summed E-state index contributed by atoms with van der Waals surface area (Å²) in [6.45, 7) is 10.3. The highest BCUT2D eigenvalue weighted by atomic mass is 14.9. The van der Waals surface area contributed by atoms with Gasteiger partial charge < -0.3 is 5.32 Å². The summed E-state index contributed by atoms with van der Waals surface area (Å²) in [6, 6.07) is 10.5. The predicted molar refractivity (Wildman–Crippen MR) is 62.2 cm³/mol. The molecule has 0 bridgehead atoms. The van der Waals surface area contributed by atoms with Crippen LogP contribution in [0.3, 0.4) is 0 Å². The van der Waals surface area contributed by atoms with Gasteiger partial charge in [-0.2, -0.15) is 0 Å². The summed E-state index contributed by atoms with van der Waals surface area (Å²) < 4.78 is 0. The van der Waals surface area contributed by atoms with E-state index in [9.17, 15) is 0 Å². The lowest BCUT2D eigenvalue weighted by molar-refractivity contribution is 0.431. The topological polar surface area (TPSA) is 12.0 Å². The van der Waals surface area contributed by atoms with Gasteiger partial charge in [0.15, 0.2) is 0 Å². The maximum absolute atomic E-state index is 4.05. The molecule has 0 amide bonds. The summed E-state index contributed by atoms with van der Waals surface area (Å²) in [7, 11) is 0. The van der Waals surface area contributed by atoms with E-state index >= 15 is 0 Å². The van der Waals surface area contributed by atoms with Gasteiger partial charge in [-0.3, -0.25) is 0 Å². The fourth-order valence-corrected chi connectivity index (χ4v) is 1.30. The van der Waals surface area contributed by atoms with Gasteiger partial charge in [-0.1, -0.05) is 44.2 Å². The maximum Gasteiger partial charge on any atom is 0.000265 e. The fraction of sp³-hybridized carbons (Fsp3) is 0.462. The average Bonchev–Trinajstić information content (AvgIpc) is 2.13. The zero-order valence-corrected chi connectivity index (χ0v) is 9.22. The van der Waals surface area contributed by atoms with Crippen LogP contribution in [0.25, 0.3) is 0 Å². The highest BCUT2D eigenvalue weighted by molar-refractivity contribution is 5.14. The van der Waals surface area contributed by atoms with E-state index < -0.39 is 0 Å². The Hall–Kier alpha value is -0.820. The molecule has 14 heavy (non-hydrogen) atoms. The summed E-state index contributed by atoms with van der Waals surface area (Å²) in [4.78, 5) is 0. The van der Waals surface area contributed by atoms with E-state index in [1.165, 1.54) is 5.56 Å². The van der Waals surface area contributed by atoms with Crippen LogP contribution < -0.4 is 5.32 Å². The number of hydrogen-bond donors (Lipinski definition) is 1. The van der Waals surface area contributed by atoms with Crippen molar-refractivity contribution in [3.63, 3.8) is 0 Å². The van der Waals surface area contributed by atoms with Crippen LogP contribution >= 0.6 is 0 Å². The van der Waals surface area contributed by atoms with Gasteiger partial charge in [0, 0.05) is 6.54 Å². The fourth-order valence-electron chi connectivity index (χ4n) is 1.30. The Morgan fingerprint density at radius 3 is 2.43 bits per heavy atom. The second-order valence-electron chi connectivity index (χ2n) is 4.58. The summed E-state index contributed by atoms with van der Waals surface area (Å²) in [5, 5.41) is 3.41. The van der Waals surface area contributed by atoms with Crippen molar-refractivity contribution in [3.8, 4) is 0 Å². The molecule has 77 valence electrons. The predicted octanol–water partition coefficient (Wildman–Crippen LogP) is 2.68. The second kappa shape index (κ2) is 5.16. The van der Waals surface area contributed by atoms with Crippen molar-refractivity contribution in [1.29, 1.82) is 0 Å². The molecule has 0 aromatic heterocycles. The molecule has 1 rings (SSSR count). The largest absolute Gasteiger partial charge is 0.316 e. The Morgan fingerprint density at radius 2 is 1.86 bits per heavy atom. The van der Waals surface area contributed by atoms with Crippen molar-refractivity contribution in [3.05, 3.63) is 42.8 Å². The molecule has 0 saturated carbocycles. The molecular weight excluding hydrogens is 170 g/mol. The first kappa shape index (κ1) is 11.3. The third-order valence-corrected chi connectivity index (χ3v) is 2.04. The van der Waals surface area contributed by atoms with Crippen LogP contribution in [0.4, 0.5) is 0 Å². The van der Waals surface area contributed by atoms with Gasteiger partial charge in [-0.25, -0.2) is 0 Å². The first-order valence-electron chi connectivity index (χ1n) is 5.18. The molecule has 1 radical (unpaired) electrons. The molecule has 1 heteroatoms. The molecule has 0 unspecified atom stereocenters. The van der Waals surface area contributed by atoms with E-state index in [1.54, 1.807) is 0 Å². The molecule has 1 aromatic rings. The van der Waals surface area contributed by atoms with Gasteiger partial charge in [-0.15, -0.1) is 0 Å². The molecule has 1 N–H and O–H groups in total. The van der Waals surface area contributed by atoms with Crippen LogP contribution in [0.2, 0.25) is 0 Å². The Bertz CT molecular complexity index is 246. The molecule has 1 aromatic carbocycles. The SMILES string of the molecule is [CH2]C(C)(C)CNCCc1ccccc1. The minimum atomic E-state index is 0.136. The molecule has 0 aliphatic heterocycles. The lowest BCUT2D eigenvalue weighted by atomic mass is 9.97. The zero-order valence-electron chi connectivity index (χ0n) is 9.22. The molecule has 0 aliphatic carbocycles. The number of rotatable bonds is 5. The van der Waals surface area contributed by atoms with E-state index in [-0.39, 0.29) is 5.41 Å². The first-order valence-corrected chi connectivity index (χ1v) is 5.18. The lowest BCUT2D eigenvalue weighted by Crippen LogP contribution is -2.28. The van der Waals surface area contributed by atoms with Crippen molar-refractivity contribution in [2.45, 2.75) is 20.3 Å². The van der Waals surface area contributed by atoms with Gasteiger partial charge in [0.2, 0.25) is 0 Å². The maximum atomic E-state index is 4.05. The Kier molecular flexibility index (Phi) is 4.15. The summed E-state index contributed by atoms with van der Waals surface area (Å²) in [5.74, 6) is 0. The van der Waals surface area contributed by atoms with Crippen molar-refractivity contribution < 1.29 is 0 Å². The zero-order chi connectivity index (χ0) is 10.4. The van der Waals surface area contributed by atoms with E-state index in [4.69, 9.17) is 0 Å². The van der Waals surface area contributed by atoms with Crippen LogP contribution in [0, 0.1) is 12.3 Å². The third-order valence-electron chi connectivity index (χ3n) is 2.04. The smallest absolute Gasteiger partial charge is 0.000265 e. The monoisotopic (exact) mass is 190 g/mol. The van der Waals surface area contributed by atoms with Crippen molar-refractivity contribution in [2.75, 3.05) is 13.1 Å². The van der Waals surface area contributed by atoms with Gasteiger partial charge in [0.25, 0.3) is 0 Å². The van der Waals surface area contributed by atoms with E-state index in [0.717, 1.165) is 19.5 Å². The first-order chi connectivity index (χ1) is 6.58. The van der Waals surface area contributed by atoms with Gasteiger partial charge in [0.05, 0.1) is 0 Å². The Labute approximate surface area is 87.5 Å².